The van der Waals surface area contributed by atoms with Crippen LogP contribution in [-0.2, 0) is 6.54 Å². The van der Waals surface area contributed by atoms with Crippen molar-refractivity contribution in [2.45, 2.75) is 46.1 Å². The molecule has 0 amide bonds. The van der Waals surface area contributed by atoms with Gasteiger partial charge in [-0.1, -0.05) is 25.8 Å². The van der Waals surface area contributed by atoms with Gasteiger partial charge in [0.05, 0.1) is 0 Å². The molecule has 154 valence electrons. The van der Waals surface area contributed by atoms with Crippen molar-refractivity contribution in [2.24, 2.45) is 16.8 Å². The molecule has 28 heavy (non-hydrogen) atoms. The Hall–Kier alpha value is -1.64. The van der Waals surface area contributed by atoms with Gasteiger partial charge in [-0.25, -0.2) is 9.97 Å². The molecule has 0 radical (unpaired) electrons. The molecule has 1 saturated carbocycles. The standard InChI is InChI=1S/C21H32N6.HI/c1-16-5-7-18(8-6-16)15-26(4)21(22-3)25-14-19-9-10-20(24-13-19)27-12-11-23-17(27)2;/h9-13,16,18H,5-8,14-15H2,1-4H3,(H,22,25);1H. The van der Waals surface area contributed by atoms with E-state index in [2.05, 4.69) is 45.2 Å². The highest BCUT2D eigenvalue weighted by molar-refractivity contribution is 14.0. The molecule has 3 rings (SSSR count). The van der Waals surface area contributed by atoms with Gasteiger partial charge in [0.1, 0.15) is 11.6 Å². The van der Waals surface area contributed by atoms with Crippen molar-refractivity contribution in [3.8, 4) is 5.82 Å². The molecule has 7 heteroatoms. The zero-order valence-electron chi connectivity index (χ0n) is 17.4. The normalized spacial score (nSPS) is 19.8. The predicted octanol–water partition coefficient (Wildman–Crippen LogP) is 4.03. The summed E-state index contributed by atoms with van der Waals surface area (Å²) >= 11 is 0. The fraction of sp³-hybridized carbons (Fsp3) is 0.571. The van der Waals surface area contributed by atoms with Crippen LogP contribution in [0.3, 0.4) is 0 Å². The van der Waals surface area contributed by atoms with Gasteiger partial charge in [-0.3, -0.25) is 9.56 Å². The predicted molar refractivity (Wildman–Crippen MR) is 125 cm³/mol. The van der Waals surface area contributed by atoms with Crippen molar-refractivity contribution in [3.05, 3.63) is 42.1 Å². The molecule has 0 unspecified atom stereocenters. The quantitative estimate of drug-likeness (QED) is 0.386. The van der Waals surface area contributed by atoms with E-state index < -0.39 is 0 Å². The van der Waals surface area contributed by atoms with Crippen LogP contribution >= 0.6 is 24.0 Å². The Morgan fingerprint density at radius 3 is 2.57 bits per heavy atom. The number of aryl methyl sites for hydroxylation is 1. The van der Waals surface area contributed by atoms with Gasteiger partial charge in [0, 0.05) is 45.8 Å². The second kappa shape index (κ2) is 10.8. The third-order valence-electron chi connectivity index (χ3n) is 5.57. The minimum absolute atomic E-state index is 0. The molecular formula is C21H33IN6. The third-order valence-corrected chi connectivity index (χ3v) is 5.57. The van der Waals surface area contributed by atoms with E-state index in [9.17, 15) is 0 Å². The summed E-state index contributed by atoms with van der Waals surface area (Å²) in [5, 5.41) is 3.47. The Morgan fingerprint density at radius 2 is 2.00 bits per heavy atom. The second-order valence-electron chi connectivity index (χ2n) is 7.78. The molecule has 0 aliphatic heterocycles. The summed E-state index contributed by atoms with van der Waals surface area (Å²) in [6.45, 7) is 6.14. The van der Waals surface area contributed by atoms with Crippen LogP contribution in [0.2, 0.25) is 0 Å². The van der Waals surface area contributed by atoms with Crippen LogP contribution in [0.15, 0.2) is 35.7 Å². The van der Waals surface area contributed by atoms with E-state index in [4.69, 9.17) is 0 Å². The number of rotatable bonds is 5. The minimum atomic E-state index is 0. The van der Waals surface area contributed by atoms with Gasteiger partial charge >= 0.3 is 0 Å². The van der Waals surface area contributed by atoms with Crippen molar-refractivity contribution in [1.82, 2.24) is 24.8 Å². The van der Waals surface area contributed by atoms with Crippen LogP contribution in [0.25, 0.3) is 5.82 Å². The average molecular weight is 496 g/mol. The first kappa shape index (κ1) is 22.6. The first-order chi connectivity index (χ1) is 13.1. The molecule has 1 aliphatic rings. The number of aliphatic imine (C=N–C) groups is 1. The van der Waals surface area contributed by atoms with E-state index in [0.29, 0.717) is 0 Å². The molecule has 0 aromatic carbocycles. The number of pyridine rings is 1. The summed E-state index contributed by atoms with van der Waals surface area (Å²) in [5.41, 5.74) is 1.14. The lowest BCUT2D eigenvalue weighted by Crippen LogP contribution is -2.41. The molecule has 0 saturated heterocycles. The highest BCUT2D eigenvalue weighted by atomic mass is 127. The lowest BCUT2D eigenvalue weighted by atomic mass is 9.83. The smallest absolute Gasteiger partial charge is 0.193 e. The lowest BCUT2D eigenvalue weighted by Gasteiger charge is -2.31. The van der Waals surface area contributed by atoms with E-state index in [-0.39, 0.29) is 24.0 Å². The number of nitrogens with one attached hydrogen (secondary N) is 1. The number of imidazole rings is 1. The van der Waals surface area contributed by atoms with Crippen molar-refractivity contribution in [1.29, 1.82) is 0 Å². The Kier molecular flexibility index (Phi) is 8.72. The van der Waals surface area contributed by atoms with Crippen LogP contribution in [0.5, 0.6) is 0 Å². The van der Waals surface area contributed by atoms with E-state index in [1.807, 2.05) is 37.0 Å². The Balaban J connectivity index is 0.00000280. The highest BCUT2D eigenvalue weighted by Gasteiger charge is 2.20. The zero-order valence-corrected chi connectivity index (χ0v) is 19.8. The fourth-order valence-corrected chi connectivity index (χ4v) is 3.84. The Morgan fingerprint density at radius 1 is 1.25 bits per heavy atom. The molecule has 1 aliphatic carbocycles. The van der Waals surface area contributed by atoms with Gasteiger partial charge < -0.3 is 10.2 Å². The molecule has 2 heterocycles. The summed E-state index contributed by atoms with van der Waals surface area (Å²) in [7, 11) is 3.99. The Labute approximate surface area is 185 Å². The summed E-state index contributed by atoms with van der Waals surface area (Å²) in [6.07, 6.45) is 11.0. The van der Waals surface area contributed by atoms with Crippen LogP contribution in [-0.4, -0.2) is 46.0 Å². The summed E-state index contributed by atoms with van der Waals surface area (Å²) < 4.78 is 1.98. The van der Waals surface area contributed by atoms with Gasteiger partial charge in [0.25, 0.3) is 0 Å². The molecule has 0 atom stereocenters. The molecule has 1 fully saturated rings. The molecular weight excluding hydrogens is 463 g/mol. The first-order valence-electron chi connectivity index (χ1n) is 9.94. The van der Waals surface area contributed by atoms with Gasteiger partial charge in [-0.05, 0) is 43.2 Å². The second-order valence-corrected chi connectivity index (χ2v) is 7.78. The average Bonchev–Trinajstić information content (AvgIpc) is 3.10. The number of aromatic nitrogens is 3. The summed E-state index contributed by atoms with van der Waals surface area (Å²) in [5.74, 6) is 4.45. The topological polar surface area (TPSA) is 58.3 Å². The number of hydrogen-bond acceptors (Lipinski definition) is 3. The monoisotopic (exact) mass is 496 g/mol. The maximum absolute atomic E-state index is 4.56. The van der Waals surface area contributed by atoms with Gasteiger partial charge in [0.15, 0.2) is 5.96 Å². The molecule has 0 bridgehead atoms. The van der Waals surface area contributed by atoms with Crippen LogP contribution in [0.1, 0.15) is 44.0 Å². The van der Waals surface area contributed by atoms with Crippen LogP contribution < -0.4 is 5.32 Å². The van der Waals surface area contributed by atoms with E-state index in [0.717, 1.165) is 48.1 Å². The molecule has 1 N–H and O–H groups in total. The first-order valence-corrected chi connectivity index (χ1v) is 9.94. The molecule has 0 spiro atoms. The number of guanidine groups is 1. The van der Waals surface area contributed by atoms with Crippen LogP contribution in [0.4, 0.5) is 0 Å². The Bertz CT molecular complexity index is 747. The van der Waals surface area contributed by atoms with Crippen molar-refractivity contribution in [3.63, 3.8) is 0 Å². The van der Waals surface area contributed by atoms with Crippen molar-refractivity contribution >= 4 is 29.9 Å². The maximum Gasteiger partial charge on any atom is 0.193 e. The maximum atomic E-state index is 4.56. The van der Waals surface area contributed by atoms with Crippen molar-refractivity contribution < 1.29 is 0 Å². The van der Waals surface area contributed by atoms with Gasteiger partial charge in [-0.2, -0.15) is 0 Å². The van der Waals surface area contributed by atoms with Crippen molar-refractivity contribution in [2.75, 3.05) is 20.6 Å². The van der Waals surface area contributed by atoms with E-state index in [1.54, 1.807) is 6.20 Å². The minimum Gasteiger partial charge on any atom is -0.352 e. The molecule has 2 aromatic rings. The molecule has 2 aromatic heterocycles. The zero-order chi connectivity index (χ0) is 19.2. The van der Waals surface area contributed by atoms with E-state index >= 15 is 0 Å². The largest absolute Gasteiger partial charge is 0.352 e. The number of nitrogens with zero attached hydrogens (tertiary/aromatic N) is 5. The lowest BCUT2D eigenvalue weighted by molar-refractivity contribution is 0.250. The fourth-order valence-electron chi connectivity index (χ4n) is 3.84. The van der Waals surface area contributed by atoms with Gasteiger partial charge in [0.2, 0.25) is 0 Å². The highest BCUT2D eigenvalue weighted by Crippen LogP contribution is 2.28. The van der Waals surface area contributed by atoms with Crippen LogP contribution in [0, 0.1) is 18.8 Å². The molecule has 6 nitrogen and oxygen atoms in total. The number of hydrogen-bond donors (Lipinski definition) is 1. The summed E-state index contributed by atoms with van der Waals surface area (Å²) in [6, 6.07) is 4.13. The van der Waals surface area contributed by atoms with E-state index in [1.165, 1.54) is 25.7 Å². The SMILES string of the molecule is CN=C(NCc1ccc(-n2ccnc2C)nc1)N(C)CC1CCC(C)CC1.I. The van der Waals surface area contributed by atoms with Gasteiger partial charge in [-0.15, -0.1) is 24.0 Å². The summed E-state index contributed by atoms with van der Waals surface area (Å²) in [4.78, 5) is 15.5. The number of halogens is 1. The third kappa shape index (κ3) is 5.93.